The van der Waals surface area contributed by atoms with Gasteiger partial charge in [0.15, 0.2) is 0 Å². The van der Waals surface area contributed by atoms with Gasteiger partial charge >= 0.3 is 0 Å². The lowest BCUT2D eigenvalue weighted by atomic mass is 9.83. The normalized spacial score (nSPS) is 24.4. The van der Waals surface area contributed by atoms with Crippen LogP contribution >= 0.6 is 0 Å². The highest BCUT2D eigenvalue weighted by Crippen LogP contribution is 2.39. The molecule has 0 radical (unpaired) electrons. The van der Waals surface area contributed by atoms with Crippen molar-refractivity contribution in [2.75, 3.05) is 38.5 Å². The molecule has 1 saturated carbocycles. The third-order valence-electron chi connectivity index (χ3n) is 8.36. The number of hydrogen-bond acceptors (Lipinski definition) is 6. The molecule has 7 nitrogen and oxygen atoms in total. The first-order chi connectivity index (χ1) is 17.8. The maximum atomic E-state index is 10.5. The molecule has 37 heavy (non-hydrogen) atoms. The lowest BCUT2D eigenvalue weighted by Crippen LogP contribution is -2.43. The molecule has 0 unspecified atom stereocenters. The fraction of sp³-hybridized carbons (Fsp3) is 0.600. The van der Waals surface area contributed by atoms with Crippen LogP contribution in [0.25, 0.3) is 22.2 Å². The molecule has 2 aromatic heterocycles. The maximum absolute atomic E-state index is 10.5. The number of piperazine rings is 1. The van der Waals surface area contributed by atoms with Crippen LogP contribution in [0, 0.1) is 0 Å². The molecule has 0 bridgehead atoms. The van der Waals surface area contributed by atoms with Crippen molar-refractivity contribution in [2.45, 2.75) is 83.5 Å². The fourth-order valence-corrected chi connectivity index (χ4v) is 5.89. The molecule has 1 aliphatic carbocycles. The van der Waals surface area contributed by atoms with E-state index in [0.29, 0.717) is 18.0 Å². The highest BCUT2D eigenvalue weighted by Gasteiger charge is 2.31. The third-order valence-corrected chi connectivity index (χ3v) is 8.36. The number of likely N-dealkylation sites (N-methyl/N-ethyl adjacent to an activating group) is 1. The van der Waals surface area contributed by atoms with E-state index in [-0.39, 0.29) is 0 Å². The van der Waals surface area contributed by atoms with E-state index in [9.17, 15) is 5.11 Å². The fourth-order valence-electron chi connectivity index (χ4n) is 5.89. The summed E-state index contributed by atoms with van der Waals surface area (Å²) >= 11 is 0. The van der Waals surface area contributed by atoms with Gasteiger partial charge in [0, 0.05) is 68.2 Å². The highest BCUT2D eigenvalue weighted by molar-refractivity contribution is 5.94. The Morgan fingerprint density at radius 3 is 2.49 bits per heavy atom. The van der Waals surface area contributed by atoms with Crippen LogP contribution in [0.3, 0.4) is 0 Å². The van der Waals surface area contributed by atoms with Crippen LogP contribution < -0.4 is 5.32 Å². The molecular weight excluding hydrogens is 460 g/mol. The Morgan fingerprint density at radius 1 is 1.11 bits per heavy atom. The number of aliphatic hydroxyl groups is 1. The van der Waals surface area contributed by atoms with Gasteiger partial charge in [0.05, 0.1) is 5.60 Å². The smallest absolute Gasteiger partial charge is 0.224 e. The zero-order valence-electron chi connectivity index (χ0n) is 23.1. The van der Waals surface area contributed by atoms with E-state index in [0.717, 1.165) is 82.3 Å². The SMILES string of the molecule is CCC[C@H](C)Nc1ncc2c(-c3ccc(CN4CCN(C)CC4)cc3)cn([C@H]3CC[C@](C)(O)CC3)c2n1. The Bertz CT molecular complexity index is 1170. The summed E-state index contributed by atoms with van der Waals surface area (Å²) in [7, 11) is 2.20. The van der Waals surface area contributed by atoms with Crippen molar-refractivity contribution in [2.24, 2.45) is 0 Å². The number of aromatic nitrogens is 3. The number of nitrogens with zero attached hydrogens (tertiary/aromatic N) is 5. The lowest BCUT2D eigenvalue weighted by Gasteiger charge is -2.34. The summed E-state index contributed by atoms with van der Waals surface area (Å²) in [4.78, 5) is 14.7. The molecule has 0 spiro atoms. The van der Waals surface area contributed by atoms with E-state index >= 15 is 0 Å². The average Bonchev–Trinajstić information content (AvgIpc) is 3.25. The van der Waals surface area contributed by atoms with Gasteiger partial charge in [0.1, 0.15) is 5.65 Å². The van der Waals surface area contributed by atoms with E-state index in [2.05, 4.69) is 71.0 Å². The molecule has 1 saturated heterocycles. The molecule has 2 fully saturated rings. The van der Waals surface area contributed by atoms with Crippen molar-refractivity contribution in [3.8, 4) is 11.1 Å². The molecule has 2 aliphatic rings. The summed E-state index contributed by atoms with van der Waals surface area (Å²) in [6, 6.07) is 9.74. The van der Waals surface area contributed by atoms with Gasteiger partial charge in [-0.05, 0) is 64.1 Å². The van der Waals surface area contributed by atoms with Crippen molar-refractivity contribution in [1.82, 2.24) is 24.3 Å². The van der Waals surface area contributed by atoms with Crippen molar-refractivity contribution in [3.05, 3.63) is 42.2 Å². The number of benzene rings is 1. The topological polar surface area (TPSA) is 69.5 Å². The molecule has 1 atom stereocenters. The van der Waals surface area contributed by atoms with Gasteiger partial charge in [0.25, 0.3) is 0 Å². The summed E-state index contributed by atoms with van der Waals surface area (Å²) in [5.74, 6) is 0.699. The summed E-state index contributed by atoms with van der Waals surface area (Å²) in [6.45, 7) is 11.9. The second-order valence-corrected chi connectivity index (χ2v) is 11.7. The number of nitrogens with one attached hydrogen (secondary N) is 1. The predicted molar refractivity (Wildman–Crippen MR) is 152 cm³/mol. The zero-order chi connectivity index (χ0) is 26.0. The van der Waals surface area contributed by atoms with Crippen molar-refractivity contribution in [3.63, 3.8) is 0 Å². The minimum atomic E-state index is -0.556. The second-order valence-electron chi connectivity index (χ2n) is 11.7. The molecule has 200 valence electrons. The molecule has 5 rings (SSSR count). The Labute approximate surface area is 221 Å². The molecule has 7 heteroatoms. The van der Waals surface area contributed by atoms with Crippen molar-refractivity contribution < 1.29 is 5.11 Å². The molecule has 1 aromatic carbocycles. The molecule has 3 heterocycles. The monoisotopic (exact) mass is 504 g/mol. The summed E-state index contributed by atoms with van der Waals surface area (Å²) in [5, 5.41) is 15.1. The number of fused-ring (bicyclic) bond motifs is 1. The van der Waals surface area contributed by atoms with Gasteiger partial charge in [-0.2, -0.15) is 4.98 Å². The van der Waals surface area contributed by atoms with Crippen LogP contribution in [-0.4, -0.2) is 74.3 Å². The largest absolute Gasteiger partial charge is 0.390 e. The lowest BCUT2D eigenvalue weighted by molar-refractivity contribution is 0.0104. The quantitative estimate of drug-likeness (QED) is 0.433. The Hall–Kier alpha value is -2.48. The first-order valence-electron chi connectivity index (χ1n) is 14.2. The van der Waals surface area contributed by atoms with Gasteiger partial charge < -0.3 is 19.9 Å². The van der Waals surface area contributed by atoms with E-state index in [4.69, 9.17) is 9.97 Å². The van der Waals surface area contributed by atoms with E-state index in [1.54, 1.807) is 0 Å². The van der Waals surface area contributed by atoms with Crippen LogP contribution in [-0.2, 0) is 6.54 Å². The average molecular weight is 505 g/mol. The molecule has 0 amide bonds. The third kappa shape index (κ3) is 6.16. The Morgan fingerprint density at radius 2 is 1.81 bits per heavy atom. The van der Waals surface area contributed by atoms with Gasteiger partial charge in [-0.3, -0.25) is 4.90 Å². The van der Waals surface area contributed by atoms with Gasteiger partial charge in [-0.15, -0.1) is 0 Å². The molecular formula is C30H44N6O. The van der Waals surface area contributed by atoms with Gasteiger partial charge in [0.2, 0.25) is 5.95 Å². The van der Waals surface area contributed by atoms with Crippen LogP contribution in [0.15, 0.2) is 36.7 Å². The second kappa shape index (κ2) is 11.1. The number of anilines is 1. The van der Waals surface area contributed by atoms with E-state index in [1.165, 1.54) is 16.7 Å². The number of rotatable bonds is 8. The maximum Gasteiger partial charge on any atom is 0.224 e. The van der Waals surface area contributed by atoms with Crippen LogP contribution in [0.2, 0.25) is 0 Å². The van der Waals surface area contributed by atoms with Gasteiger partial charge in [-0.1, -0.05) is 37.6 Å². The molecule has 3 aromatic rings. The van der Waals surface area contributed by atoms with E-state index < -0.39 is 5.60 Å². The zero-order valence-corrected chi connectivity index (χ0v) is 23.1. The van der Waals surface area contributed by atoms with Crippen LogP contribution in [0.1, 0.15) is 70.9 Å². The summed E-state index contributed by atoms with van der Waals surface area (Å²) < 4.78 is 2.36. The van der Waals surface area contributed by atoms with E-state index in [1.807, 2.05) is 13.1 Å². The predicted octanol–water partition coefficient (Wildman–Crippen LogP) is 5.31. The first-order valence-corrected chi connectivity index (χ1v) is 14.2. The van der Waals surface area contributed by atoms with Crippen LogP contribution in [0.4, 0.5) is 5.95 Å². The highest BCUT2D eigenvalue weighted by atomic mass is 16.3. The summed E-state index contributed by atoms with van der Waals surface area (Å²) in [5.41, 5.74) is 4.19. The summed E-state index contributed by atoms with van der Waals surface area (Å²) in [6.07, 6.45) is 10.0. The Kier molecular flexibility index (Phi) is 7.84. The van der Waals surface area contributed by atoms with Crippen molar-refractivity contribution in [1.29, 1.82) is 0 Å². The number of hydrogen-bond donors (Lipinski definition) is 2. The standard InChI is InChI=1S/C30H44N6O/c1-5-6-22(2)32-29-31-19-26-27(21-36(28(26)33-29)25-11-13-30(3,37)14-12-25)24-9-7-23(8-10-24)20-35-17-15-34(4)16-18-35/h7-10,19,21-22,25,37H,5-6,11-18,20H2,1-4H3,(H,31,32,33)/t22-,25-,30-/m0/s1. The van der Waals surface area contributed by atoms with Gasteiger partial charge in [-0.25, -0.2) is 4.98 Å². The van der Waals surface area contributed by atoms with Crippen LogP contribution in [0.5, 0.6) is 0 Å². The minimum Gasteiger partial charge on any atom is -0.390 e. The minimum absolute atomic E-state index is 0.336. The van der Waals surface area contributed by atoms with Crippen molar-refractivity contribution >= 4 is 17.0 Å². The Balaban J connectivity index is 1.43. The molecule has 1 aliphatic heterocycles. The first kappa shape index (κ1) is 26.1. The molecule has 2 N–H and O–H groups in total.